The molecular formula is C42H38N6O4S. The molecule has 2 fully saturated rings. The van der Waals surface area contributed by atoms with Gasteiger partial charge in [0.25, 0.3) is 5.91 Å². The highest BCUT2D eigenvalue weighted by Crippen LogP contribution is 2.65. The standard InChI is InChI=1S/C42H38N6O4S/c1-50-34-27-31(28-35(51-2)36(34)52-3)37-41(47(32-21-12-6-13-22-32)44-39(53-41)30-19-10-5-11-20-30)40(49)46-26-16-25-45-38(29-17-8-4-9-18-29)43-48(42(37,45)46)33-23-14-7-15-24-33/h4-15,17-24,27-28,37H,16,25-26H2,1-3H3. The largest absolute Gasteiger partial charge is 0.493 e. The fraction of sp³-hybridized carbons (Fsp3) is 0.214. The number of anilines is 2. The maximum absolute atomic E-state index is 16.1. The molecule has 3 atom stereocenters. The second kappa shape index (κ2) is 12.9. The average molecular weight is 723 g/mol. The van der Waals surface area contributed by atoms with Gasteiger partial charge in [0.2, 0.25) is 16.4 Å². The average Bonchev–Trinajstić information content (AvgIpc) is 3.86. The first-order valence-corrected chi connectivity index (χ1v) is 18.4. The van der Waals surface area contributed by atoms with Crippen LogP contribution in [0.4, 0.5) is 11.4 Å². The topological polar surface area (TPSA) is 82.4 Å². The molecule has 4 aliphatic rings. The third-order valence-electron chi connectivity index (χ3n) is 10.5. The summed E-state index contributed by atoms with van der Waals surface area (Å²) in [5.41, 5.74) is 4.36. The summed E-state index contributed by atoms with van der Waals surface area (Å²) in [6.45, 7) is 1.18. The van der Waals surface area contributed by atoms with Gasteiger partial charge in [-0.15, -0.1) is 0 Å². The molecule has 1 amide bonds. The molecule has 0 N–H and O–H groups in total. The van der Waals surface area contributed by atoms with Crippen LogP contribution in [-0.2, 0) is 4.79 Å². The van der Waals surface area contributed by atoms with Crippen molar-refractivity contribution in [1.82, 2.24) is 9.80 Å². The molecular weight excluding hydrogens is 685 g/mol. The molecule has 5 aromatic rings. The van der Waals surface area contributed by atoms with Crippen LogP contribution in [0.25, 0.3) is 0 Å². The fourth-order valence-corrected chi connectivity index (χ4v) is 9.90. The van der Waals surface area contributed by atoms with Crippen LogP contribution < -0.4 is 24.2 Å². The predicted octanol–water partition coefficient (Wildman–Crippen LogP) is 7.19. The van der Waals surface area contributed by atoms with E-state index in [1.165, 1.54) is 11.8 Å². The van der Waals surface area contributed by atoms with Crippen molar-refractivity contribution in [2.24, 2.45) is 10.2 Å². The number of rotatable bonds is 8. The Morgan fingerprint density at radius 3 is 1.74 bits per heavy atom. The molecule has 10 nitrogen and oxygen atoms in total. The number of hydrogen-bond donors (Lipinski definition) is 0. The Hall–Kier alpha value is -5.94. The van der Waals surface area contributed by atoms with E-state index in [1.54, 1.807) is 21.3 Å². The lowest BCUT2D eigenvalue weighted by Crippen LogP contribution is -2.70. The highest BCUT2D eigenvalue weighted by atomic mass is 32.2. The second-order valence-electron chi connectivity index (χ2n) is 13.2. The molecule has 11 heteroatoms. The van der Waals surface area contributed by atoms with Crippen LogP contribution in [0.3, 0.4) is 0 Å². The van der Waals surface area contributed by atoms with E-state index in [9.17, 15) is 0 Å². The smallest absolute Gasteiger partial charge is 0.265 e. The number of hydrazone groups is 2. The summed E-state index contributed by atoms with van der Waals surface area (Å²) in [5.74, 6) is 0.391. The lowest BCUT2D eigenvalue weighted by molar-refractivity contribution is -0.138. The van der Waals surface area contributed by atoms with Gasteiger partial charge in [-0.1, -0.05) is 109 Å². The lowest BCUT2D eigenvalue weighted by atomic mass is 9.84. The number of amidine groups is 1. The number of amides is 1. The van der Waals surface area contributed by atoms with Crippen molar-refractivity contribution in [3.8, 4) is 17.2 Å². The van der Waals surface area contributed by atoms with Gasteiger partial charge in [-0.3, -0.25) is 9.69 Å². The Kier molecular flexibility index (Phi) is 8.03. The number of carbonyl (C=O) groups excluding carboxylic acids is 1. The van der Waals surface area contributed by atoms with Crippen LogP contribution in [0.15, 0.2) is 144 Å². The highest BCUT2D eigenvalue weighted by molar-refractivity contribution is 8.16. The van der Waals surface area contributed by atoms with E-state index in [0.717, 1.165) is 45.4 Å². The zero-order valence-corrected chi connectivity index (χ0v) is 30.4. The number of methoxy groups -OCH3 is 3. The van der Waals surface area contributed by atoms with E-state index < -0.39 is 16.6 Å². The minimum absolute atomic E-state index is 0.0603. The molecule has 3 unspecified atom stereocenters. The number of hydrogen-bond acceptors (Lipinski definition) is 10. The first-order chi connectivity index (χ1) is 26.1. The zero-order valence-electron chi connectivity index (χ0n) is 29.6. The van der Waals surface area contributed by atoms with Crippen molar-refractivity contribution >= 4 is 39.9 Å². The van der Waals surface area contributed by atoms with Gasteiger partial charge < -0.3 is 19.1 Å². The minimum atomic E-state index is -1.32. The zero-order chi connectivity index (χ0) is 36.2. The quantitative estimate of drug-likeness (QED) is 0.167. The minimum Gasteiger partial charge on any atom is -0.493 e. The summed E-state index contributed by atoms with van der Waals surface area (Å²) in [4.78, 5) is 19.2. The van der Waals surface area contributed by atoms with Gasteiger partial charge in [0, 0.05) is 24.2 Å². The van der Waals surface area contributed by atoms with Gasteiger partial charge in [-0.05, 0) is 48.4 Å². The maximum atomic E-state index is 16.1. The van der Waals surface area contributed by atoms with Crippen LogP contribution in [0, 0.1) is 0 Å². The molecule has 0 aromatic heterocycles. The third kappa shape index (κ3) is 4.76. The summed E-state index contributed by atoms with van der Waals surface area (Å²) < 4.78 is 17.8. The summed E-state index contributed by atoms with van der Waals surface area (Å²) in [6, 6.07) is 44.4. The first kappa shape index (κ1) is 32.9. The van der Waals surface area contributed by atoms with Gasteiger partial charge >= 0.3 is 0 Å². The number of nitrogens with zero attached hydrogens (tertiary/aromatic N) is 6. The normalized spacial score (nSPS) is 23.2. The van der Waals surface area contributed by atoms with Gasteiger partial charge in [0.1, 0.15) is 5.04 Å². The summed E-state index contributed by atoms with van der Waals surface area (Å²) in [5, 5.41) is 15.6. The van der Waals surface area contributed by atoms with E-state index in [2.05, 4.69) is 34.2 Å². The predicted molar refractivity (Wildman–Crippen MR) is 209 cm³/mol. The maximum Gasteiger partial charge on any atom is 0.265 e. The molecule has 5 aromatic carbocycles. The molecule has 4 heterocycles. The van der Waals surface area contributed by atoms with Crippen LogP contribution in [0.2, 0.25) is 0 Å². The van der Waals surface area contributed by atoms with E-state index >= 15 is 4.79 Å². The third-order valence-corrected chi connectivity index (χ3v) is 11.9. The second-order valence-corrected chi connectivity index (χ2v) is 14.4. The summed E-state index contributed by atoms with van der Waals surface area (Å²) in [7, 11) is 4.84. The van der Waals surface area contributed by atoms with Crippen molar-refractivity contribution in [3.63, 3.8) is 0 Å². The van der Waals surface area contributed by atoms with Gasteiger partial charge in [0.05, 0.1) is 38.6 Å². The molecule has 53 heavy (non-hydrogen) atoms. The fourth-order valence-electron chi connectivity index (χ4n) is 8.38. The molecule has 0 radical (unpaired) electrons. The van der Waals surface area contributed by atoms with E-state index in [4.69, 9.17) is 24.4 Å². The lowest BCUT2D eigenvalue weighted by Gasteiger charge is -2.53. The van der Waals surface area contributed by atoms with E-state index in [1.807, 2.05) is 119 Å². The van der Waals surface area contributed by atoms with Gasteiger partial charge in [0.15, 0.2) is 17.3 Å². The van der Waals surface area contributed by atoms with Crippen LogP contribution in [0.5, 0.6) is 17.2 Å². The van der Waals surface area contributed by atoms with E-state index in [0.29, 0.717) is 30.3 Å². The molecule has 0 aliphatic carbocycles. The van der Waals surface area contributed by atoms with Gasteiger partial charge in [-0.2, -0.15) is 10.2 Å². The number of carbonyl (C=O) groups is 1. The number of ether oxygens (including phenoxy) is 3. The Morgan fingerprint density at radius 1 is 0.642 bits per heavy atom. The number of benzene rings is 5. The van der Waals surface area contributed by atoms with Crippen molar-refractivity contribution in [2.45, 2.75) is 23.0 Å². The van der Waals surface area contributed by atoms with Crippen molar-refractivity contribution in [3.05, 3.63) is 150 Å². The van der Waals surface area contributed by atoms with Crippen LogP contribution in [-0.4, -0.2) is 71.7 Å². The first-order valence-electron chi connectivity index (χ1n) is 17.6. The molecule has 2 saturated heterocycles. The molecule has 9 rings (SSSR count). The van der Waals surface area contributed by atoms with Crippen molar-refractivity contribution in [1.29, 1.82) is 0 Å². The summed E-state index contributed by atoms with van der Waals surface area (Å²) >= 11 is 1.50. The Bertz CT molecular complexity index is 2200. The Morgan fingerprint density at radius 2 is 1.17 bits per heavy atom. The number of para-hydroxylation sites is 2. The molecule has 0 saturated carbocycles. The van der Waals surface area contributed by atoms with Gasteiger partial charge in [-0.25, -0.2) is 10.0 Å². The molecule has 266 valence electrons. The Balaban J connectivity index is 1.39. The van der Waals surface area contributed by atoms with Crippen molar-refractivity contribution in [2.75, 3.05) is 44.4 Å². The highest BCUT2D eigenvalue weighted by Gasteiger charge is 2.79. The number of thioether (sulfide) groups is 1. The van der Waals surface area contributed by atoms with Crippen molar-refractivity contribution < 1.29 is 19.0 Å². The van der Waals surface area contributed by atoms with E-state index in [-0.39, 0.29) is 5.91 Å². The van der Waals surface area contributed by atoms with Crippen LogP contribution in [0.1, 0.15) is 29.0 Å². The van der Waals surface area contributed by atoms with Crippen LogP contribution >= 0.6 is 11.8 Å². The summed E-state index contributed by atoms with van der Waals surface area (Å²) in [6.07, 6.45) is 0.752. The monoisotopic (exact) mass is 722 g/mol. The molecule has 4 aliphatic heterocycles. The molecule has 0 bridgehead atoms. The SMILES string of the molecule is COc1cc(C2C3(SC(c4ccccc4)=NN3c3ccccc3)C(=O)N3CCCN4C(c5ccccc5)=NN(c5ccccc5)C234)cc(OC)c1OC. The Labute approximate surface area is 312 Å². The molecule has 2 spiro atoms.